The predicted octanol–water partition coefficient (Wildman–Crippen LogP) is 11.9. The fourth-order valence-corrected chi connectivity index (χ4v) is 18.0. The Balaban J connectivity index is 0.000000233. The number of alkyl halides is 1. The number of aliphatic hydroxyl groups excluding tert-OH is 5. The van der Waals surface area contributed by atoms with Crippen LogP contribution in [-0.2, 0) is 121 Å². The third kappa shape index (κ3) is 34.3. The van der Waals surface area contributed by atoms with Crippen LogP contribution in [0.2, 0.25) is 0 Å². The van der Waals surface area contributed by atoms with Gasteiger partial charge in [-0.1, -0.05) is 48.5 Å². The SMILES string of the molecule is CC(=O)OC1C(CO)OC(C)C(C)C1OC(C)=O.CCCSc1ccc2c(c1)CC(NC(=O)OC)=N2.CCCSc1ccc2c(c1)CC(NC(=O)OCC1OC(C)C(C)C(OC(C)=O)C1OC(C)=O)=N2.CCCSc1ccc2c(c1)CC(NC(=O)OCC1OC(C)C(C)C(OC(C)=O)C1OC(C)=O)=N2.CCCSc1ccc2c(c1)CC(NC(=O)OCC1OC(O)C(O)C(O)C1O)=N2.[2H]CF. The molecular weight excluding hydrogens is 1830 g/mol. The van der Waals surface area contributed by atoms with Crippen LogP contribution in [0.3, 0.4) is 0 Å². The molecule has 0 aromatic heterocycles. The predicted molar refractivity (Wildman–Crippen MR) is 499 cm³/mol. The Bertz CT molecular complexity index is 4620. The minimum Gasteiger partial charge on any atom is -0.458 e. The molecule has 0 spiro atoms. The van der Waals surface area contributed by atoms with Crippen molar-refractivity contribution in [2.45, 2.75) is 286 Å². The number of methoxy groups -OCH3 is 1. The Morgan fingerprint density at radius 2 is 0.642 bits per heavy atom. The summed E-state index contributed by atoms with van der Waals surface area (Å²) in [5.74, 6) is 2.75. The van der Waals surface area contributed by atoms with Crippen LogP contribution >= 0.6 is 47.0 Å². The molecule has 4 fully saturated rings. The van der Waals surface area contributed by atoms with Crippen molar-refractivity contribution in [1.82, 2.24) is 21.3 Å². The zero-order valence-electron chi connectivity index (χ0n) is 79.3. The second kappa shape index (κ2) is 55.6. The number of carbonyl (C=O) groups excluding carboxylic acids is 10. The summed E-state index contributed by atoms with van der Waals surface area (Å²) in [6.45, 7) is 26.2. The number of amidine groups is 4. The van der Waals surface area contributed by atoms with Gasteiger partial charge < -0.3 is 91.8 Å². The Hall–Kier alpha value is -9.57. The molecule has 37 nitrogen and oxygen atoms in total. The number of hydrogen-bond acceptors (Lipinski definition) is 37. The monoisotopic (exact) mass is 1960 g/mol. The molecule has 0 saturated carbocycles. The molecule has 12 rings (SSSR count). The first-order chi connectivity index (χ1) is 64.2. The zero-order valence-corrected chi connectivity index (χ0v) is 81.6. The first-order valence-corrected chi connectivity index (χ1v) is 48.0. The summed E-state index contributed by atoms with van der Waals surface area (Å²) in [6, 6.07) is 24.3. The largest absolute Gasteiger partial charge is 0.458 e. The number of rotatable bonds is 25. The van der Waals surface area contributed by atoms with Gasteiger partial charge in [0.05, 0.1) is 63.3 Å². The lowest BCUT2D eigenvalue weighted by molar-refractivity contribution is -0.286. The second-order valence-corrected chi connectivity index (χ2v) is 36.8. The van der Waals surface area contributed by atoms with Crippen LogP contribution < -0.4 is 21.3 Å². The van der Waals surface area contributed by atoms with Gasteiger partial charge >= 0.3 is 60.2 Å². The molecule has 4 aromatic rings. The quantitative estimate of drug-likeness (QED) is 0.0169. The number of aliphatic hydroxyl groups is 5. The van der Waals surface area contributed by atoms with Crippen LogP contribution in [0.5, 0.6) is 0 Å². The van der Waals surface area contributed by atoms with E-state index in [2.05, 4.69) is 104 Å². The molecule has 8 aliphatic heterocycles. The lowest BCUT2D eigenvalue weighted by Gasteiger charge is -2.43. The van der Waals surface area contributed by atoms with Crippen LogP contribution in [0.15, 0.2) is 112 Å². The molecule has 0 radical (unpaired) electrons. The summed E-state index contributed by atoms with van der Waals surface area (Å²) in [6.07, 6.45) is -11.3. The number of amides is 4. The van der Waals surface area contributed by atoms with Gasteiger partial charge in [0.15, 0.2) is 24.6 Å². The summed E-state index contributed by atoms with van der Waals surface area (Å²) in [7, 11) is 0.345. The van der Waals surface area contributed by atoms with Crippen molar-refractivity contribution in [3.8, 4) is 0 Å². The maximum absolute atomic E-state index is 12.5. The Morgan fingerprint density at radius 3 is 0.903 bits per heavy atom. The standard InChI is InChI=1S/2C24H32N2O7S.C18H24N2O7S.C13H16N2O2S.C12H20O6.CH3F/c2*1-6-9-34-18-7-8-19-17(10-18)11-21(25-19)26-24(29)30-12-20-23(33-16(5)28)22(32-15(4)27)13(2)14(3)31-20;1-2-5-28-10-3-4-11-9(6-10)7-13(19-11)20-18(25)26-8-12-14(21)15(22)16(23)17(24)27-12;1-3-6-18-10-4-5-11-9(7-10)8-12(14-11)15-13(16)17-2;1-6-7(2)16-10(5-13)12(18-9(4)15)11(6)17-8(3)14;1-2/h2*7-8,10,13-14,20,22-23H,6,9,11-12H2,1-5H3,(H,25,26,29);3-4,6,12,14-17,21-24H,2,5,7-8H2,1H3,(H,19,20,25);4-5,7H,3,6,8H2,1-2H3,(H,14,15,16);6-7,10-13H,5H2,1-4H3;1H3/i;;;;;1D. The van der Waals surface area contributed by atoms with Gasteiger partial charge in [0, 0.05) is 105 Å². The van der Waals surface area contributed by atoms with E-state index in [1.54, 1.807) is 35.3 Å². The molecule has 20 atom stereocenters. The van der Waals surface area contributed by atoms with Gasteiger partial charge in [-0.25, -0.2) is 39.1 Å². The Morgan fingerprint density at radius 1 is 0.388 bits per heavy atom. The van der Waals surface area contributed by atoms with E-state index in [9.17, 15) is 77.9 Å². The van der Waals surface area contributed by atoms with Crippen molar-refractivity contribution in [3.05, 3.63) is 95.1 Å². The molecule has 9 N–H and O–H groups in total. The number of thioether (sulfide) groups is 4. The number of halogens is 1. The number of carbonyl (C=O) groups is 10. The van der Waals surface area contributed by atoms with E-state index < -0.39 is 160 Å². The van der Waals surface area contributed by atoms with Crippen molar-refractivity contribution in [2.75, 3.05) is 63.7 Å². The van der Waals surface area contributed by atoms with Gasteiger partial charge in [0.1, 0.15) is 104 Å². The van der Waals surface area contributed by atoms with E-state index in [4.69, 9.17) is 62.9 Å². The number of esters is 6. The van der Waals surface area contributed by atoms with Crippen LogP contribution in [-0.4, -0.2) is 277 Å². The van der Waals surface area contributed by atoms with Crippen molar-refractivity contribution in [3.63, 3.8) is 0 Å². The average Bonchev–Trinajstić information content (AvgIpc) is 1.72. The van der Waals surface area contributed by atoms with Crippen molar-refractivity contribution in [1.29, 1.82) is 0 Å². The fraction of sp³-hybridized carbons (Fsp3) is 0.587. The normalized spacial score (nSPS) is 25.8. The van der Waals surface area contributed by atoms with Crippen LogP contribution in [0.1, 0.15) is 160 Å². The number of hydrogen-bond donors (Lipinski definition) is 9. The third-order valence-electron chi connectivity index (χ3n) is 21.5. The third-order valence-corrected chi connectivity index (χ3v) is 26.3. The molecular formula is C92H127FN8O29S4. The lowest BCUT2D eigenvalue weighted by Crippen LogP contribution is -2.58. The maximum Gasteiger partial charge on any atom is 0.412 e. The first-order valence-electron chi connectivity index (χ1n) is 44.8. The molecule has 8 heterocycles. The molecule has 4 saturated heterocycles. The van der Waals surface area contributed by atoms with E-state index in [-0.39, 0.29) is 55.9 Å². The summed E-state index contributed by atoms with van der Waals surface area (Å²) in [5, 5.41) is 58.2. The topological polar surface area (TPSA) is 499 Å². The number of aliphatic imine (C=N–C) groups is 4. The number of nitrogens with one attached hydrogen (secondary N) is 4. The molecule has 4 amide bonds. The van der Waals surface area contributed by atoms with Crippen LogP contribution in [0.4, 0.5) is 46.3 Å². The van der Waals surface area contributed by atoms with Crippen molar-refractivity contribution >= 4 is 153 Å². The first kappa shape index (κ1) is 110. The molecule has 0 aliphatic carbocycles. The Labute approximate surface area is 797 Å². The van der Waals surface area contributed by atoms with E-state index in [0.29, 0.717) is 49.0 Å². The Kier molecular flexibility index (Phi) is 45.5. The zero-order chi connectivity index (χ0) is 99.4. The lowest BCUT2D eigenvalue weighted by atomic mass is 9.88. The molecule has 42 heteroatoms. The minimum atomic E-state index is -1.68. The highest BCUT2D eigenvalue weighted by Crippen LogP contribution is 2.39. The highest BCUT2D eigenvalue weighted by molar-refractivity contribution is 8.00. The summed E-state index contributed by atoms with van der Waals surface area (Å²) in [5.41, 5.74) is 7.65. The average molecular weight is 1960 g/mol. The highest BCUT2D eigenvalue weighted by Gasteiger charge is 2.50. The number of benzene rings is 4. The van der Waals surface area contributed by atoms with Crippen molar-refractivity contribution < 1.29 is 146 Å². The number of fused-ring (bicyclic) bond motifs is 4. The smallest absolute Gasteiger partial charge is 0.412 e. The maximum atomic E-state index is 12.5. The van der Waals surface area contributed by atoms with Gasteiger partial charge in [0.2, 0.25) is 0 Å². The number of nitrogens with zero attached hydrogens (tertiary/aromatic N) is 4. The molecule has 4 aromatic carbocycles. The molecule has 740 valence electrons. The highest BCUT2D eigenvalue weighted by atomic mass is 32.2. The van der Waals surface area contributed by atoms with Gasteiger partial charge in [-0.15, -0.1) is 47.0 Å². The number of alkyl carbamates (subject to hydrolysis) is 4. The van der Waals surface area contributed by atoms with Gasteiger partial charge in [-0.3, -0.25) is 54.4 Å². The van der Waals surface area contributed by atoms with E-state index in [1.165, 1.54) is 63.3 Å². The minimum absolute atomic E-state index is 0.124. The molecule has 134 heavy (non-hydrogen) atoms. The second-order valence-electron chi connectivity index (χ2n) is 32.2. The molecule has 8 aliphatic rings. The van der Waals surface area contributed by atoms with Gasteiger partial charge in [-0.05, 0) is 165 Å². The molecule has 20 unspecified atom stereocenters. The number of ether oxygens (including phenoxy) is 14. The van der Waals surface area contributed by atoms with Crippen LogP contribution in [0.25, 0.3) is 0 Å². The summed E-state index contributed by atoms with van der Waals surface area (Å²) < 4.78 is 90.2. The summed E-state index contributed by atoms with van der Waals surface area (Å²) >= 11 is 7.19. The van der Waals surface area contributed by atoms with Gasteiger partial charge in [0.25, 0.3) is 0 Å². The van der Waals surface area contributed by atoms with Gasteiger partial charge in [-0.2, -0.15) is 0 Å². The van der Waals surface area contributed by atoms with E-state index >= 15 is 0 Å². The fourth-order valence-electron chi connectivity index (χ4n) is 14.7. The summed E-state index contributed by atoms with van der Waals surface area (Å²) in [4.78, 5) is 139. The molecule has 0 bridgehead atoms. The van der Waals surface area contributed by atoms with E-state index in [0.717, 1.165) is 98.6 Å². The van der Waals surface area contributed by atoms with Crippen molar-refractivity contribution in [2.24, 2.45) is 37.7 Å². The van der Waals surface area contributed by atoms with E-state index in [1.807, 2.05) is 95.8 Å². The van der Waals surface area contributed by atoms with Crippen LogP contribution in [0, 0.1) is 17.8 Å².